The summed E-state index contributed by atoms with van der Waals surface area (Å²) in [6.07, 6.45) is 6.45. The lowest BCUT2D eigenvalue weighted by Gasteiger charge is -2.18. The minimum absolute atomic E-state index is 0.112. The van der Waals surface area contributed by atoms with Gasteiger partial charge in [0.15, 0.2) is 0 Å². The molecule has 0 amide bonds. The van der Waals surface area contributed by atoms with Crippen molar-refractivity contribution in [1.82, 2.24) is 0 Å². The summed E-state index contributed by atoms with van der Waals surface area (Å²) in [6, 6.07) is 28.3. The predicted octanol–water partition coefficient (Wildman–Crippen LogP) is 9.38. The Hall–Kier alpha value is -5.17. The Kier molecular flexibility index (Phi) is 10.8. The third-order valence-corrected chi connectivity index (χ3v) is 7.34. The normalized spacial score (nSPS) is 10.8. The molecule has 0 radical (unpaired) electrons. The Morgan fingerprint density at radius 3 is 2.22 bits per heavy atom. The molecule has 232 valence electrons. The van der Waals surface area contributed by atoms with Gasteiger partial charge < -0.3 is 28.5 Å². The van der Waals surface area contributed by atoms with Crippen molar-refractivity contribution in [2.45, 2.75) is 46.1 Å². The van der Waals surface area contributed by atoms with Crippen LogP contribution in [0.5, 0.6) is 28.7 Å². The molecule has 1 aromatic heterocycles. The molecule has 5 rings (SSSR count). The lowest BCUT2D eigenvalue weighted by atomic mass is 10.0. The van der Waals surface area contributed by atoms with Crippen molar-refractivity contribution < 1.29 is 33.3 Å². The first-order chi connectivity index (χ1) is 22.1. The van der Waals surface area contributed by atoms with Crippen LogP contribution in [0.25, 0.3) is 11.1 Å². The molecule has 0 aliphatic heterocycles. The fraction of sp³-hybridized carbons (Fsp3) is 0.237. The Balaban J connectivity index is 1.25. The fourth-order valence-corrected chi connectivity index (χ4v) is 5.06. The van der Waals surface area contributed by atoms with Gasteiger partial charge in [-0.05, 0) is 60.4 Å². The van der Waals surface area contributed by atoms with Crippen LogP contribution in [0.1, 0.15) is 53.7 Å². The zero-order valence-corrected chi connectivity index (χ0v) is 25.7. The second-order valence-electron chi connectivity index (χ2n) is 10.5. The average molecular weight is 607 g/mol. The van der Waals surface area contributed by atoms with Gasteiger partial charge in [-0.3, -0.25) is 0 Å². The molecule has 1 heterocycles. The molecule has 0 bridgehead atoms. The van der Waals surface area contributed by atoms with Gasteiger partial charge in [-0.15, -0.1) is 0 Å². The second-order valence-corrected chi connectivity index (χ2v) is 10.5. The number of aryl methyl sites for hydroxylation is 1. The zero-order chi connectivity index (χ0) is 31.4. The molecule has 0 spiro atoms. The maximum absolute atomic E-state index is 11.7. The molecule has 0 aliphatic rings. The molecule has 0 saturated carbocycles. The third-order valence-electron chi connectivity index (χ3n) is 7.34. The van der Waals surface area contributed by atoms with Crippen LogP contribution in [0.15, 0.2) is 108 Å². The first-order valence-corrected chi connectivity index (χ1v) is 15.3. The number of rotatable bonds is 16. The molecule has 7 nitrogen and oxygen atoms in total. The van der Waals surface area contributed by atoms with Gasteiger partial charge in [0.25, 0.3) is 0 Å². The molecule has 0 unspecified atom stereocenters. The number of carbonyl (C=O) groups is 1. The van der Waals surface area contributed by atoms with Crippen molar-refractivity contribution in [1.29, 1.82) is 0 Å². The maximum Gasteiger partial charge on any atom is 0.339 e. The number of carboxylic acids is 1. The number of hydrogen-bond acceptors (Lipinski definition) is 6. The van der Waals surface area contributed by atoms with Gasteiger partial charge in [-0.2, -0.15) is 0 Å². The summed E-state index contributed by atoms with van der Waals surface area (Å²) in [5.74, 6) is 2.09. The quantitative estimate of drug-likeness (QED) is 0.112. The SMILES string of the molecule is CCCc1c(OCCCOc2cc(OCc3ccccc3)c(-c3ccoc3)cc2CC)cccc1Oc1ccccc1C(=O)O. The smallest absolute Gasteiger partial charge is 0.339 e. The van der Waals surface area contributed by atoms with Gasteiger partial charge in [0.05, 0.1) is 25.7 Å². The highest BCUT2D eigenvalue weighted by Gasteiger charge is 2.17. The Morgan fingerprint density at radius 1 is 0.756 bits per heavy atom. The summed E-state index contributed by atoms with van der Waals surface area (Å²) in [5.41, 5.74) is 5.09. The van der Waals surface area contributed by atoms with Crippen LogP contribution in [0.2, 0.25) is 0 Å². The van der Waals surface area contributed by atoms with E-state index in [4.69, 9.17) is 23.4 Å². The van der Waals surface area contributed by atoms with E-state index in [1.807, 2.05) is 60.7 Å². The van der Waals surface area contributed by atoms with E-state index in [0.29, 0.717) is 37.7 Å². The van der Waals surface area contributed by atoms with Crippen molar-refractivity contribution in [3.63, 3.8) is 0 Å². The Labute approximate surface area is 264 Å². The number of hydrogen-bond donors (Lipinski definition) is 1. The Morgan fingerprint density at radius 2 is 1.49 bits per heavy atom. The molecular formula is C38H38O7. The monoisotopic (exact) mass is 606 g/mol. The summed E-state index contributed by atoms with van der Waals surface area (Å²) >= 11 is 0. The summed E-state index contributed by atoms with van der Waals surface area (Å²) in [5, 5.41) is 9.57. The highest BCUT2D eigenvalue weighted by atomic mass is 16.5. The van der Waals surface area contributed by atoms with Crippen molar-refractivity contribution in [3.8, 4) is 39.9 Å². The van der Waals surface area contributed by atoms with Crippen LogP contribution in [-0.4, -0.2) is 24.3 Å². The number of para-hydroxylation sites is 1. The highest BCUT2D eigenvalue weighted by molar-refractivity contribution is 5.91. The standard InChI is InChI=1S/C38H38O7/c1-3-12-30-33(17-10-18-34(30)45-35-16-9-8-15-31(35)38(39)40)42-20-11-21-43-36-24-37(44-25-27-13-6-5-7-14-27)32(23-28(36)4-2)29-19-22-41-26-29/h5-10,13-19,22-24,26H,3-4,11-12,20-21,25H2,1-2H3,(H,39,40). The van der Waals surface area contributed by atoms with Crippen LogP contribution in [0.4, 0.5) is 0 Å². The van der Waals surface area contributed by atoms with Crippen molar-refractivity contribution in [3.05, 3.63) is 126 Å². The van der Waals surface area contributed by atoms with Gasteiger partial charge in [-0.1, -0.05) is 68.8 Å². The van der Waals surface area contributed by atoms with E-state index in [2.05, 4.69) is 19.9 Å². The summed E-state index contributed by atoms with van der Waals surface area (Å²) in [4.78, 5) is 11.7. The van der Waals surface area contributed by atoms with Crippen LogP contribution < -0.4 is 18.9 Å². The van der Waals surface area contributed by atoms with Crippen LogP contribution >= 0.6 is 0 Å². The van der Waals surface area contributed by atoms with Gasteiger partial charge in [-0.25, -0.2) is 4.79 Å². The van der Waals surface area contributed by atoms with Crippen LogP contribution in [0.3, 0.4) is 0 Å². The van der Waals surface area contributed by atoms with E-state index >= 15 is 0 Å². The minimum atomic E-state index is -1.03. The van der Waals surface area contributed by atoms with E-state index in [9.17, 15) is 9.90 Å². The lowest BCUT2D eigenvalue weighted by Crippen LogP contribution is -2.08. The fourth-order valence-electron chi connectivity index (χ4n) is 5.06. The van der Waals surface area contributed by atoms with Crippen molar-refractivity contribution >= 4 is 5.97 Å². The molecule has 0 aliphatic carbocycles. The highest BCUT2D eigenvalue weighted by Crippen LogP contribution is 2.38. The van der Waals surface area contributed by atoms with Crippen LogP contribution in [0, 0.1) is 0 Å². The lowest BCUT2D eigenvalue weighted by molar-refractivity contribution is 0.0694. The first kappa shape index (κ1) is 31.3. The molecular weight excluding hydrogens is 568 g/mol. The average Bonchev–Trinajstić information content (AvgIpc) is 3.60. The van der Waals surface area contributed by atoms with Gasteiger partial charge in [0.1, 0.15) is 40.9 Å². The topological polar surface area (TPSA) is 87.4 Å². The first-order valence-electron chi connectivity index (χ1n) is 15.3. The number of ether oxygens (including phenoxy) is 4. The van der Waals surface area contributed by atoms with E-state index in [0.717, 1.165) is 64.3 Å². The van der Waals surface area contributed by atoms with E-state index in [-0.39, 0.29) is 5.56 Å². The molecule has 0 fully saturated rings. The molecule has 7 heteroatoms. The molecule has 45 heavy (non-hydrogen) atoms. The van der Waals surface area contributed by atoms with Crippen LogP contribution in [-0.2, 0) is 19.4 Å². The second kappa shape index (κ2) is 15.5. The van der Waals surface area contributed by atoms with Gasteiger partial charge >= 0.3 is 5.97 Å². The molecule has 0 atom stereocenters. The predicted molar refractivity (Wildman–Crippen MR) is 174 cm³/mol. The summed E-state index contributed by atoms with van der Waals surface area (Å²) in [7, 11) is 0. The Bertz CT molecular complexity index is 1680. The summed E-state index contributed by atoms with van der Waals surface area (Å²) in [6.45, 7) is 5.53. The van der Waals surface area contributed by atoms with E-state index < -0.39 is 5.97 Å². The van der Waals surface area contributed by atoms with Crippen molar-refractivity contribution in [2.24, 2.45) is 0 Å². The molecule has 4 aromatic carbocycles. The zero-order valence-electron chi connectivity index (χ0n) is 25.7. The largest absolute Gasteiger partial charge is 0.493 e. The van der Waals surface area contributed by atoms with Gasteiger partial charge in [0.2, 0.25) is 0 Å². The number of benzene rings is 4. The molecule has 0 saturated heterocycles. The summed E-state index contributed by atoms with van der Waals surface area (Å²) < 4.78 is 30.2. The molecule has 1 N–H and O–H groups in total. The maximum atomic E-state index is 11.7. The van der Waals surface area contributed by atoms with Gasteiger partial charge in [0, 0.05) is 29.2 Å². The number of aromatic carboxylic acids is 1. The van der Waals surface area contributed by atoms with E-state index in [1.54, 1.807) is 30.7 Å². The molecule has 5 aromatic rings. The van der Waals surface area contributed by atoms with E-state index in [1.165, 1.54) is 6.07 Å². The minimum Gasteiger partial charge on any atom is -0.493 e. The number of furan rings is 1. The van der Waals surface area contributed by atoms with Crippen molar-refractivity contribution in [2.75, 3.05) is 13.2 Å². The third kappa shape index (κ3) is 8.06. The number of carboxylic acid groups (broad SMARTS) is 1.